The summed E-state index contributed by atoms with van der Waals surface area (Å²) in [6, 6.07) is 0. The van der Waals surface area contributed by atoms with E-state index in [0.717, 1.165) is 6.54 Å². The van der Waals surface area contributed by atoms with Crippen LogP contribution in [0.2, 0.25) is 0 Å². The van der Waals surface area contributed by atoms with E-state index in [1.807, 2.05) is 39.8 Å². The van der Waals surface area contributed by atoms with Crippen LogP contribution in [0.15, 0.2) is 0 Å². The second-order valence-corrected chi connectivity index (χ2v) is 5.82. The average Bonchev–Trinajstić information content (AvgIpc) is 2.20. The van der Waals surface area contributed by atoms with E-state index in [-0.39, 0.29) is 17.2 Å². The van der Waals surface area contributed by atoms with Gasteiger partial charge in [0, 0.05) is 38.5 Å². The zero-order valence-electron chi connectivity index (χ0n) is 12.5. The molecule has 5 nitrogen and oxygen atoms in total. The number of hydrogen-bond acceptors (Lipinski definition) is 3. The number of amides is 2. The maximum absolute atomic E-state index is 11.7. The molecule has 0 aromatic heterocycles. The number of carbonyl (C=O) groups is 2. The minimum Gasteiger partial charge on any atom is -0.354 e. The Hall–Kier alpha value is -1.10. The van der Waals surface area contributed by atoms with Crippen LogP contribution in [0, 0.1) is 5.41 Å². The molecule has 5 heteroatoms. The first-order valence-corrected chi connectivity index (χ1v) is 6.33. The maximum atomic E-state index is 11.7. The van der Waals surface area contributed by atoms with Crippen molar-refractivity contribution in [2.24, 2.45) is 5.41 Å². The summed E-state index contributed by atoms with van der Waals surface area (Å²) in [4.78, 5) is 26.9. The van der Waals surface area contributed by atoms with Gasteiger partial charge in [0.05, 0.1) is 0 Å². The summed E-state index contributed by atoms with van der Waals surface area (Å²) in [6.45, 7) is 9.75. The highest BCUT2D eigenvalue weighted by atomic mass is 16.2. The molecule has 0 radical (unpaired) electrons. The molecule has 0 bridgehead atoms. The normalized spacial score (nSPS) is 11.5. The highest BCUT2D eigenvalue weighted by Gasteiger charge is 2.20. The molecule has 0 fully saturated rings. The number of likely N-dealkylation sites (N-methyl/N-ethyl adjacent to an activating group) is 1. The molecule has 2 amide bonds. The molecule has 1 N–H and O–H groups in total. The fourth-order valence-electron chi connectivity index (χ4n) is 1.32. The van der Waals surface area contributed by atoms with Gasteiger partial charge in [-0.05, 0) is 14.1 Å². The van der Waals surface area contributed by atoms with Gasteiger partial charge in [0.2, 0.25) is 11.8 Å². The van der Waals surface area contributed by atoms with Gasteiger partial charge in [-0.1, -0.05) is 20.8 Å². The summed E-state index contributed by atoms with van der Waals surface area (Å²) >= 11 is 0. The minimum absolute atomic E-state index is 0.0126. The smallest absolute Gasteiger partial charge is 0.225 e. The van der Waals surface area contributed by atoms with Crippen LogP contribution < -0.4 is 5.32 Å². The van der Waals surface area contributed by atoms with Gasteiger partial charge >= 0.3 is 0 Å². The topological polar surface area (TPSA) is 52.7 Å². The van der Waals surface area contributed by atoms with Crippen LogP contribution in [0.3, 0.4) is 0 Å². The molecule has 0 unspecified atom stereocenters. The fraction of sp³-hybridized carbons (Fsp3) is 0.846. The van der Waals surface area contributed by atoms with Gasteiger partial charge in [-0.15, -0.1) is 0 Å². The SMILES string of the molecule is CC(=O)N(CCNC(=O)C(C)(C)C)CCN(C)C. The van der Waals surface area contributed by atoms with Crippen molar-refractivity contribution in [1.82, 2.24) is 15.1 Å². The van der Waals surface area contributed by atoms with Crippen molar-refractivity contribution in [3.63, 3.8) is 0 Å². The fourth-order valence-corrected chi connectivity index (χ4v) is 1.32. The van der Waals surface area contributed by atoms with Crippen molar-refractivity contribution in [2.75, 3.05) is 40.3 Å². The molecule has 0 spiro atoms. The van der Waals surface area contributed by atoms with Crippen molar-refractivity contribution in [2.45, 2.75) is 27.7 Å². The van der Waals surface area contributed by atoms with E-state index in [1.165, 1.54) is 0 Å². The third-order valence-electron chi connectivity index (χ3n) is 2.61. The lowest BCUT2D eigenvalue weighted by Crippen LogP contribution is -2.43. The number of nitrogens with one attached hydrogen (secondary N) is 1. The highest BCUT2D eigenvalue weighted by molar-refractivity contribution is 5.81. The van der Waals surface area contributed by atoms with Gasteiger partial charge in [-0.25, -0.2) is 0 Å². The van der Waals surface area contributed by atoms with Crippen molar-refractivity contribution >= 4 is 11.8 Å². The van der Waals surface area contributed by atoms with Gasteiger partial charge in [-0.2, -0.15) is 0 Å². The van der Waals surface area contributed by atoms with Crippen LogP contribution >= 0.6 is 0 Å². The Morgan fingerprint density at radius 3 is 2.00 bits per heavy atom. The van der Waals surface area contributed by atoms with Gasteiger partial charge in [0.1, 0.15) is 0 Å². The zero-order chi connectivity index (χ0) is 14.3. The molecule has 0 saturated heterocycles. The van der Waals surface area contributed by atoms with Crippen molar-refractivity contribution < 1.29 is 9.59 Å². The highest BCUT2D eigenvalue weighted by Crippen LogP contribution is 2.11. The van der Waals surface area contributed by atoms with Crippen LogP contribution in [0.1, 0.15) is 27.7 Å². The molecular formula is C13H27N3O2. The molecular weight excluding hydrogens is 230 g/mol. The molecule has 106 valence electrons. The lowest BCUT2D eigenvalue weighted by Gasteiger charge is -2.24. The third-order valence-corrected chi connectivity index (χ3v) is 2.61. The summed E-state index contributed by atoms with van der Waals surface area (Å²) in [5.41, 5.74) is -0.384. The van der Waals surface area contributed by atoms with Crippen LogP contribution in [-0.2, 0) is 9.59 Å². The van der Waals surface area contributed by atoms with Crippen LogP contribution in [0.4, 0.5) is 0 Å². The van der Waals surface area contributed by atoms with Crippen LogP contribution in [-0.4, -0.2) is 61.9 Å². The van der Waals surface area contributed by atoms with E-state index >= 15 is 0 Å². The first-order valence-electron chi connectivity index (χ1n) is 6.33. The van der Waals surface area contributed by atoms with E-state index in [0.29, 0.717) is 19.6 Å². The second-order valence-electron chi connectivity index (χ2n) is 5.82. The molecule has 0 aromatic rings. The monoisotopic (exact) mass is 257 g/mol. The lowest BCUT2D eigenvalue weighted by atomic mass is 9.96. The van der Waals surface area contributed by atoms with Gasteiger partial charge in [-0.3, -0.25) is 9.59 Å². The summed E-state index contributed by atoms with van der Waals surface area (Å²) in [7, 11) is 3.94. The van der Waals surface area contributed by atoms with Crippen molar-refractivity contribution in [1.29, 1.82) is 0 Å². The Balaban J connectivity index is 4.06. The largest absolute Gasteiger partial charge is 0.354 e. The molecule has 18 heavy (non-hydrogen) atoms. The number of carbonyl (C=O) groups excluding carboxylic acids is 2. The number of nitrogens with zero attached hydrogens (tertiary/aromatic N) is 2. The van der Waals surface area contributed by atoms with Crippen LogP contribution in [0.5, 0.6) is 0 Å². The van der Waals surface area contributed by atoms with E-state index in [1.54, 1.807) is 11.8 Å². The first kappa shape index (κ1) is 16.9. The van der Waals surface area contributed by atoms with E-state index in [2.05, 4.69) is 5.32 Å². The second kappa shape index (κ2) is 7.36. The zero-order valence-corrected chi connectivity index (χ0v) is 12.5. The Kier molecular flexibility index (Phi) is 6.91. The summed E-state index contributed by atoms with van der Waals surface area (Å²) < 4.78 is 0. The molecule has 0 aliphatic heterocycles. The van der Waals surface area contributed by atoms with Gasteiger partial charge < -0.3 is 15.1 Å². The molecule has 0 aliphatic rings. The van der Waals surface area contributed by atoms with E-state index in [4.69, 9.17) is 0 Å². The minimum atomic E-state index is -0.384. The first-order chi connectivity index (χ1) is 8.14. The lowest BCUT2D eigenvalue weighted by molar-refractivity contribution is -0.131. The molecule has 0 saturated carbocycles. The van der Waals surface area contributed by atoms with Crippen molar-refractivity contribution in [3.8, 4) is 0 Å². The predicted molar refractivity (Wildman–Crippen MR) is 73.3 cm³/mol. The Morgan fingerprint density at radius 2 is 1.61 bits per heavy atom. The summed E-state index contributed by atoms with van der Waals surface area (Å²) in [6.07, 6.45) is 0. The van der Waals surface area contributed by atoms with Gasteiger partial charge in [0.25, 0.3) is 0 Å². The van der Waals surface area contributed by atoms with Crippen molar-refractivity contribution in [3.05, 3.63) is 0 Å². The van der Waals surface area contributed by atoms with E-state index < -0.39 is 0 Å². The molecule has 0 rings (SSSR count). The predicted octanol–water partition coefficient (Wildman–Crippen LogP) is 0.559. The Bertz CT molecular complexity index is 282. The maximum Gasteiger partial charge on any atom is 0.225 e. The molecule has 0 heterocycles. The standard InChI is InChI=1S/C13H27N3O2/c1-11(17)16(10-9-15(5)6)8-7-14-12(18)13(2,3)4/h7-10H2,1-6H3,(H,14,18). The summed E-state index contributed by atoms with van der Waals surface area (Å²) in [5, 5.41) is 2.85. The number of rotatable bonds is 6. The summed E-state index contributed by atoms with van der Waals surface area (Å²) in [5.74, 6) is 0.0560. The average molecular weight is 257 g/mol. The molecule has 0 aliphatic carbocycles. The van der Waals surface area contributed by atoms with Gasteiger partial charge in [0.15, 0.2) is 0 Å². The Labute approximate surface area is 111 Å². The van der Waals surface area contributed by atoms with E-state index in [9.17, 15) is 9.59 Å². The van der Waals surface area contributed by atoms with Crippen LogP contribution in [0.25, 0.3) is 0 Å². The number of hydrogen-bond donors (Lipinski definition) is 1. The Morgan fingerprint density at radius 1 is 1.06 bits per heavy atom. The quantitative estimate of drug-likeness (QED) is 0.756. The third kappa shape index (κ3) is 7.27. The molecule has 0 atom stereocenters. The molecule has 0 aromatic carbocycles.